The van der Waals surface area contributed by atoms with Gasteiger partial charge in [-0.25, -0.2) is 0 Å². The van der Waals surface area contributed by atoms with E-state index in [-0.39, 0.29) is 5.78 Å². The van der Waals surface area contributed by atoms with Crippen molar-refractivity contribution < 1.29 is 4.79 Å². The number of carbonyl (C=O) groups is 1. The van der Waals surface area contributed by atoms with Crippen molar-refractivity contribution in [3.63, 3.8) is 0 Å². The third kappa shape index (κ3) is 3.42. The molecule has 0 unspecified atom stereocenters. The van der Waals surface area contributed by atoms with Gasteiger partial charge in [0.05, 0.1) is 10.7 Å². The van der Waals surface area contributed by atoms with Crippen molar-refractivity contribution in [2.45, 2.75) is 39.8 Å². The van der Waals surface area contributed by atoms with Crippen LogP contribution in [-0.4, -0.2) is 28.2 Å². The summed E-state index contributed by atoms with van der Waals surface area (Å²) < 4.78 is 2.51. The molecule has 1 heterocycles. The quantitative estimate of drug-likeness (QED) is 0.817. The number of hydrogen-bond donors (Lipinski definition) is 1. The highest BCUT2D eigenvalue weighted by Gasteiger charge is 2.15. The first-order valence-electron chi connectivity index (χ1n) is 5.54. The molecule has 16 heavy (non-hydrogen) atoms. The number of carbonyl (C=O) groups excluding carboxylic acids is 1. The largest absolute Gasteiger partial charge is 0.314 e. The Hall–Kier alpha value is -0.680. The molecule has 5 heteroatoms. The summed E-state index contributed by atoms with van der Waals surface area (Å²) >= 11 is 3.35. The van der Waals surface area contributed by atoms with Crippen LogP contribution in [0.2, 0.25) is 0 Å². The van der Waals surface area contributed by atoms with Crippen molar-refractivity contribution in [3.05, 3.63) is 16.4 Å². The van der Waals surface area contributed by atoms with Crippen molar-refractivity contribution in [1.29, 1.82) is 0 Å². The summed E-state index contributed by atoms with van der Waals surface area (Å²) in [6, 6.07) is 0.410. The number of hydrogen-bond acceptors (Lipinski definition) is 3. The molecule has 0 aliphatic carbocycles. The molecule has 0 bridgehead atoms. The molecule has 0 saturated heterocycles. The maximum absolute atomic E-state index is 12.0. The van der Waals surface area contributed by atoms with Crippen LogP contribution < -0.4 is 5.32 Å². The van der Waals surface area contributed by atoms with Crippen LogP contribution in [0, 0.1) is 0 Å². The minimum atomic E-state index is 0.124. The Kier molecular flexibility index (Phi) is 5.15. The number of nitrogens with zero attached hydrogens (tertiary/aromatic N) is 2. The van der Waals surface area contributed by atoms with Crippen molar-refractivity contribution in [1.82, 2.24) is 15.1 Å². The number of nitrogens with one attached hydrogen (secondary N) is 1. The van der Waals surface area contributed by atoms with E-state index in [1.165, 1.54) is 0 Å². The number of aryl methyl sites for hydroxylation is 1. The predicted molar refractivity (Wildman–Crippen MR) is 67.7 cm³/mol. The highest BCUT2D eigenvalue weighted by molar-refractivity contribution is 9.10. The van der Waals surface area contributed by atoms with Crippen LogP contribution in [0.15, 0.2) is 10.7 Å². The van der Waals surface area contributed by atoms with Crippen LogP contribution in [0.5, 0.6) is 0 Å². The molecule has 4 nitrogen and oxygen atoms in total. The fourth-order valence-electron chi connectivity index (χ4n) is 1.47. The standard InChI is InChI=1S/C11H18BrN3O/c1-4-15-11(9(12)7-14-15)10(16)5-6-13-8(2)3/h7-8,13H,4-6H2,1-3H3. The van der Waals surface area contributed by atoms with Gasteiger partial charge < -0.3 is 5.32 Å². The van der Waals surface area contributed by atoms with E-state index >= 15 is 0 Å². The van der Waals surface area contributed by atoms with Gasteiger partial charge in [-0.15, -0.1) is 0 Å². The number of rotatable bonds is 6. The minimum absolute atomic E-state index is 0.124. The third-order valence-corrected chi connectivity index (χ3v) is 2.84. The van der Waals surface area contributed by atoms with Gasteiger partial charge in [0.1, 0.15) is 5.69 Å². The molecule has 1 rings (SSSR count). The van der Waals surface area contributed by atoms with Gasteiger partial charge in [0.15, 0.2) is 5.78 Å². The summed E-state index contributed by atoms with van der Waals surface area (Å²) in [5.41, 5.74) is 0.674. The summed E-state index contributed by atoms with van der Waals surface area (Å²) in [4.78, 5) is 12.0. The van der Waals surface area contributed by atoms with Crippen LogP contribution in [-0.2, 0) is 6.54 Å². The van der Waals surface area contributed by atoms with Crippen LogP contribution in [0.4, 0.5) is 0 Å². The summed E-state index contributed by atoms with van der Waals surface area (Å²) in [5, 5.41) is 7.36. The lowest BCUT2D eigenvalue weighted by atomic mass is 10.2. The Morgan fingerprint density at radius 1 is 1.62 bits per heavy atom. The van der Waals surface area contributed by atoms with E-state index in [1.54, 1.807) is 10.9 Å². The molecule has 0 radical (unpaired) electrons. The van der Waals surface area contributed by atoms with Crippen LogP contribution >= 0.6 is 15.9 Å². The Morgan fingerprint density at radius 2 is 2.31 bits per heavy atom. The highest BCUT2D eigenvalue weighted by Crippen LogP contribution is 2.17. The second-order valence-electron chi connectivity index (χ2n) is 3.94. The van der Waals surface area contributed by atoms with E-state index in [1.807, 2.05) is 6.92 Å². The Morgan fingerprint density at radius 3 is 2.88 bits per heavy atom. The van der Waals surface area contributed by atoms with E-state index < -0.39 is 0 Å². The first-order valence-corrected chi connectivity index (χ1v) is 6.33. The molecule has 0 aliphatic heterocycles. The summed E-state index contributed by atoms with van der Waals surface area (Å²) in [5.74, 6) is 0.124. The van der Waals surface area contributed by atoms with E-state index in [0.29, 0.717) is 31.2 Å². The number of Topliss-reactive ketones (excluding diaryl/α,β-unsaturated/α-hetero) is 1. The van der Waals surface area contributed by atoms with Crippen LogP contribution in [0.1, 0.15) is 37.7 Å². The SMILES string of the molecule is CCn1ncc(Br)c1C(=O)CCNC(C)C. The predicted octanol–water partition coefficient (Wildman–Crippen LogP) is 2.24. The van der Waals surface area contributed by atoms with E-state index in [0.717, 1.165) is 4.47 Å². The Balaban J connectivity index is 2.62. The zero-order chi connectivity index (χ0) is 12.1. The number of ketones is 1. The lowest BCUT2D eigenvalue weighted by molar-refractivity contribution is 0.0971. The van der Waals surface area contributed by atoms with E-state index in [9.17, 15) is 4.79 Å². The maximum atomic E-state index is 12.0. The topological polar surface area (TPSA) is 46.9 Å². The molecule has 0 fully saturated rings. The second kappa shape index (κ2) is 6.15. The molecule has 0 aromatic carbocycles. The summed E-state index contributed by atoms with van der Waals surface area (Å²) in [6.07, 6.45) is 2.18. The van der Waals surface area contributed by atoms with Gasteiger partial charge in [-0.2, -0.15) is 5.10 Å². The highest BCUT2D eigenvalue weighted by atomic mass is 79.9. The minimum Gasteiger partial charge on any atom is -0.314 e. The molecule has 0 saturated carbocycles. The normalized spacial score (nSPS) is 11.1. The molecule has 0 aliphatic rings. The molecule has 1 aromatic rings. The maximum Gasteiger partial charge on any atom is 0.183 e. The molecule has 0 atom stereocenters. The first kappa shape index (κ1) is 13.4. The van der Waals surface area contributed by atoms with Crippen LogP contribution in [0.3, 0.4) is 0 Å². The van der Waals surface area contributed by atoms with E-state index in [4.69, 9.17) is 0 Å². The van der Waals surface area contributed by atoms with Gasteiger partial charge in [0.2, 0.25) is 0 Å². The average molecular weight is 288 g/mol. The molecular formula is C11H18BrN3O. The zero-order valence-electron chi connectivity index (χ0n) is 9.96. The number of halogens is 1. The molecule has 1 aromatic heterocycles. The van der Waals surface area contributed by atoms with Crippen molar-refractivity contribution in [2.24, 2.45) is 0 Å². The van der Waals surface area contributed by atoms with Gasteiger partial charge in [-0.3, -0.25) is 9.48 Å². The van der Waals surface area contributed by atoms with Gasteiger partial charge in [0, 0.05) is 25.6 Å². The van der Waals surface area contributed by atoms with Crippen molar-refractivity contribution >= 4 is 21.7 Å². The molecular weight excluding hydrogens is 270 g/mol. The fourth-order valence-corrected chi connectivity index (χ4v) is 1.99. The molecule has 0 amide bonds. The lowest BCUT2D eigenvalue weighted by Gasteiger charge is -2.08. The molecule has 1 N–H and O–H groups in total. The van der Waals surface area contributed by atoms with Crippen molar-refractivity contribution in [3.8, 4) is 0 Å². The van der Waals surface area contributed by atoms with Gasteiger partial charge in [-0.1, -0.05) is 13.8 Å². The second-order valence-corrected chi connectivity index (χ2v) is 4.79. The summed E-state index contributed by atoms with van der Waals surface area (Å²) in [7, 11) is 0. The fraction of sp³-hybridized carbons (Fsp3) is 0.636. The lowest BCUT2D eigenvalue weighted by Crippen LogP contribution is -2.26. The molecule has 0 spiro atoms. The summed E-state index contributed by atoms with van der Waals surface area (Å²) in [6.45, 7) is 7.53. The Bertz CT molecular complexity index is 360. The first-order chi connectivity index (χ1) is 7.56. The van der Waals surface area contributed by atoms with Crippen molar-refractivity contribution in [2.75, 3.05) is 6.54 Å². The van der Waals surface area contributed by atoms with Crippen LogP contribution in [0.25, 0.3) is 0 Å². The molecule has 90 valence electrons. The average Bonchev–Trinajstić information content (AvgIpc) is 2.58. The Labute approximate surface area is 105 Å². The third-order valence-electron chi connectivity index (χ3n) is 2.26. The smallest absolute Gasteiger partial charge is 0.183 e. The van der Waals surface area contributed by atoms with Gasteiger partial charge in [0.25, 0.3) is 0 Å². The van der Waals surface area contributed by atoms with Gasteiger partial charge in [-0.05, 0) is 22.9 Å². The zero-order valence-corrected chi connectivity index (χ0v) is 11.5. The number of aromatic nitrogens is 2. The monoisotopic (exact) mass is 287 g/mol. The van der Waals surface area contributed by atoms with Gasteiger partial charge >= 0.3 is 0 Å². The van der Waals surface area contributed by atoms with E-state index in [2.05, 4.69) is 40.2 Å².